The van der Waals surface area contributed by atoms with Gasteiger partial charge in [-0.05, 0) is 50.6 Å². The number of pyridine rings is 1. The van der Waals surface area contributed by atoms with Gasteiger partial charge in [0.25, 0.3) is 0 Å². The predicted molar refractivity (Wildman–Crippen MR) is 93.7 cm³/mol. The van der Waals surface area contributed by atoms with Crippen molar-refractivity contribution in [3.63, 3.8) is 0 Å². The molecule has 0 saturated carbocycles. The Labute approximate surface area is 147 Å². The van der Waals surface area contributed by atoms with Gasteiger partial charge in [-0.15, -0.1) is 0 Å². The maximum atomic E-state index is 13.6. The van der Waals surface area contributed by atoms with Crippen LogP contribution in [0.15, 0.2) is 59.6 Å². The van der Waals surface area contributed by atoms with Crippen LogP contribution < -0.4 is 4.57 Å². The molecule has 1 aromatic heterocycles. The highest BCUT2D eigenvalue weighted by Gasteiger charge is 2.13. The standard InChI is InChI=1S/C12H13FN.C7H8O3S/c1-3-14-8-7-9(2)10-5-4-6-11(13)12(10)14;1-6-2-4-7(5-3-6)11(8,9)10/h4-8H,3H2,1-2H3;2-5H,1H3,(H,8,9,10)/q+1;/p-1. The molecule has 0 bridgehead atoms. The van der Waals surface area contributed by atoms with Crippen LogP contribution in [-0.2, 0) is 16.7 Å². The summed E-state index contributed by atoms with van der Waals surface area (Å²) in [6, 6.07) is 13.0. The number of hydrogen-bond acceptors (Lipinski definition) is 3. The third-order valence-corrected chi connectivity index (χ3v) is 4.70. The summed E-state index contributed by atoms with van der Waals surface area (Å²) in [7, 11) is -4.27. The van der Waals surface area contributed by atoms with Gasteiger partial charge in [0.2, 0.25) is 5.52 Å². The molecule has 0 aliphatic rings. The van der Waals surface area contributed by atoms with Gasteiger partial charge < -0.3 is 4.55 Å². The molecule has 0 fully saturated rings. The molecule has 0 aliphatic carbocycles. The van der Waals surface area contributed by atoms with E-state index in [4.69, 9.17) is 0 Å². The van der Waals surface area contributed by atoms with Crippen LogP contribution in [0, 0.1) is 19.7 Å². The second-order valence-electron chi connectivity index (χ2n) is 5.69. The molecule has 2 aromatic carbocycles. The van der Waals surface area contributed by atoms with E-state index in [9.17, 15) is 17.4 Å². The second-order valence-corrected chi connectivity index (χ2v) is 7.07. The van der Waals surface area contributed by atoms with Gasteiger partial charge in [-0.25, -0.2) is 8.42 Å². The normalized spacial score (nSPS) is 11.1. The first kappa shape index (κ1) is 19.0. The fourth-order valence-electron chi connectivity index (χ4n) is 2.46. The van der Waals surface area contributed by atoms with E-state index < -0.39 is 10.1 Å². The van der Waals surface area contributed by atoms with E-state index in [1.165, 1.54) is 18.2 Å². The number of para-hydroxylation sites is 1. The molecule has 0 spiro atoms. The number of fused-ring (bicyclic) bond motifs is 1. The predicted octanol–water partition coefficient (Wildman–Crippen LogP) is 3.49. The van der Waals surface area contributed by atoms with Crippen molar-refractivity contribution in [2.24, 2.45) is 0 Å². The Morgan fingerprint density at radius 1 is 1.04 bits per heavy atom. The van der Waals surface area contributed by atoms with Gasteiger partial charge in [-0.2, -0.15) is 8.96 Å². The fourth-order valence-corrected chi connectivity index (χ4v) is 2.93. The van der Waals surface area contributed by atoms with Gasteiger partial charge >= 0.3 is 0 Å². The van der Waals surface area contributed by atoms with Gasteiger partial charge in [0.05, 0.1) is 10.3 Å². The minimum atomic E-state index is -4.27. The van der Waals surface area contributed by atoms with Crippen LogP contribution in [0.3, 0.4) is 0 Å². The number of benzene rings is 2. The molecule has 25 heavy (non-hydrogen) atoms. The second kappa shape index (κ2) is 7.72. The summed E-state index contributed by atoms with van der Waals surface area (Å²) >= 11 is 0. The number of aromatic nitrogens is 1. The third kappa shape index (κ3) is 4.61. The van der Waals surface area contributed by atoms with E-state index in [1.807, 2.05) is 43.7 Å². The lowest BCUT2D eigenvalue weighted by Crippen LogP contribution is -2.33. The van der Waals surface area contributed by atoms with Gasteiger partial charge in [-0.3, -0.25) is 0 Å². The van der Waals surface area contributed by atoms with Crippen LogP contribution in [0.5, 0.6) is 0 Å². The molecule has 0 radical (unpaired) electrons. The number of nitrogens with zero attached hydrogens (tertiary/aromatic N) is 1. The van der Waals surface area contributed by atoms with Crippen molar-refractivity contribution in [3.8, 4) is 0 Å². The SMILES string of the molecule is CC[n+]1ccc(C)c2cccc(F)c21.Cc1ccc(S(=O)(=O)[O-])cc1. The molecular weight excluding hydrogens is 341 g/mol. The smallest absolute Gasteiger partial charge is 0.248 e. The van der Waals surface area contributed by atoms with E-state index >= 15 is 0 Å². The minimum Gasteiger partial charge on any atom is -0.744 e. The molecular formula is C19H20FNO3S. The van der Waals surface area contributed by atoms with E-state index in [0.717, 1.165) is 23.1 Å². The summed E-state index contributed by atoms with van der Waals surface area (Å²) in [5.41, 5.74) is 2.75. The molecule has 0 aliphatic heterocycles. The maximum absolute atomic E-state index is 13.6. The number of aryl methyl sites for hydroxylation is 3. The lowest BCUT2D eigenvalue weighted by molar-refractivity contribution is -0.668. The first-order valence-electron chi connectivity index (χ1n) is 7.84. The zero-order chi connectivity index (χ0) is 18.6. The summed E-state index contributed by atoms with van der Waals surface area (Å²) < 4.78 is 46.7. The van der Waals surface area contributed by atoms with Crippen molar-refractivity contribution < 1.29 is 21.9 Å². The summed E-state index contributed by atoms with van der Waals surface area (Å²) in [6.07, 6.45) is 1.93. The lowest BCUT2D eigenvalue weighted by atomic mass is 10.1. The Hall–Kier alpha value is -2.31. The first-order chi connectivity index (χ1) is 11.7. The van der Waals surface area contributed by atoms with Crippen molar-refractivity contribution in [1.29, 1.82) is 0 Å². The van der Waals surface area contributed by atoms with Crippen LogP contribution in [0.1, 0.15) is 18.1 Å². The molecule has 0 amide bonds. The molecule has 6 heteroatoms. The average Bonchev–Trinajstić information content (AvgIpc) is 2.56. The molecule has 4 nitrogen and oxygen atoms in total. The molecule has 3 aromatic rings. The first-order valence-corrected chi connectivity index (χ1v) is 9.24. The Balaban J connectivity index is 0.000000186. The van der Waals surface area contributed by atoms with Crippen molar-refractivity contribution >= 4 is 21.0 Å². The largest absolute Gasteiger partial charge is 0.744 e. The monoisotopic (exact) mass is 361 g/mol. The van der Waals surface area contributed by atoms with Crippen molar-refractivity contribution in [3.05, 3.63) is 71.7 Å². The topological polar surface area (TPSA) is 61.1 Å². The van der Waals surface area contributed by atoms with Crippen LogP contribution in [0.25, 0.3) is 10.9 Å². The summed E-state index contributed by atoms with van der Waals surface area (Å²) in [5, 5.41) is 0.995. The summed E-state index contributed by atoms with van der Waals surface area (Å²) in [4.78, 5) is -0.178. The quantitative estimate of drug-likeness (QED) is 0.518. The zero-order valence-corrected chi connectivity index (χ0v) is 15.2. The van der Waals surface area contributed by atoms with Crippen LogP contribution in [0.2, 0.25) is 0 Å². The fraction of sp³-hybridized carbons (Fsp3) is 0.211. The molecule has 132 valence electrons. The Morgan fingerprint density at radius 3 is 2.24 bits per heavy atom. The summed E-state index contributed by atoms with van der Waals surface area (Å²) in [6.45, 7) is 6.63. The Bertz CT molecular complexity index is 983. The lowest BCUT2D eigenvalue weighted by Gasteiger charge is -2.05. The average molecular weight is 361 g/mol. The van der Waals surface area contributed by atoms with Crippen molar-refractivity contribution in [2.45, 2.75) is 32.2 Å². The number of hydrogen-bond donors (Lipinski definition) is 0. The molecule has 1 heterocycles. The molecule has 0 unspecified atom stereocenters. The van der Waals surface area contributed by atoms with E-state index in [0.29, 0.717) is 5.52 Å². The molecule has 0 N–H and O–H groups in total. The van der Waals surface area contributed by atoms with E-state index in [1.54, 1.807) is 18.2 Å². The Kier molecular flexibility index (Phi) is 5.87. The highest BCUT2D eigenvalue weighted by molar-refractivity contribution is 7.85. The van der Waals surface area contributed by atoms with Gasteiger partial charge in [0, 0.05) is 6.07 Å². The third-order valence-electron chi connectivity index (χ3n) is 3.85. The molecule has 3 rings (SSSR count). The van der Waals surface area contributed by atoms with E-state index in [2.05, 4.69) is 0 Å². The van der Waals surface area contributed by atoms with Crippen LogP contribution in [0.4, 0.5) is 4.39 Å². The van der Waals surface area contributed by atoms with Crippen LogP contribution in [-0.4, -0.2) is 13.0 Å². The summed E-state index contributed by atoms with van der Waals surface area (Å²) in [5.74, 6) is -0.145. The highest BCUT2D eigenvalue weighted by atomic mass is 32.2. The minimum absolute atomic E-state index is 0.145. The van der Waals surface area contributed by atoms with E-state index in [-0.39, 0.29) is 10.7 Å². The van der Waals surface area contributed by atoms with Gasteiger partial charge in [0.15, 0.2) is 12.0 Å². The molecule has 0 atom stereocenters. The van der Waals surface area contributed by atoms with Gasteiger partial charge in [0.1, 0.15) is 16.7 Å². The van der Waals surface area contributed by atoms with Gasteiger partial charge in [-0.1, -0.05) is 23.8 Å². The number of halogens is 1. The molecule has 0 saturated heterocycles. The van der Waals surface area contributed by atoms with Crippen molar-refractivity contribution in [2.75, 3.05) is 0 Å². The highest BCUT2D eigenvalue weighted by Crippen LogP contribution is 2.17. The zero-order valence-electron chi connectivity index (χ0n) is 14.4. The van der Waals surface area contributed by atoms with Crippen molar-refractivity contribution in [1.82, 2.24) is 0 Å². The Morgan fingerprint density at radius 2 is 1.68 bits per heavy atom. The van der Waals surface area contributed by atoms with Crippen LogP contribution >= 0.6 is 0 Å². The number of rotatable bonds is 2. The maximum Gasteiger partial charge on any atom is 0.248 e.